The van der Waals surface area contributed by atoms with Gasteiger partial charge in [-0.3, -0.25) is 0 Å². The summed E-state index contributed by atoms with van der Waals surface area (Å²) in [6.07, 6.45) is 5.79. The van der Waals surface area contributed by atoms with Crippen molar-refractivity contribution >= 4 is 16.9 Å². The molecule has 0 bridgehead atoms. The van der Waals surface area contributed by atoms with Crippen LogP contribution < -0.4 is 5.32 Å². The third-order valence-corrected chi connectivity index (χ3v) is 2.94. The Morgan fingerprint density at radius 3 is 2.67 bits per heavy atom. The van der Waals surface area contributed by atoms with E-state index in [0.29, 0.717) is 5.29 Å². The number of benzene rings is 1. The van der Waals surface area contributed by atoms with Gasteiger partial charge in [0, 0.05) is 11.3 Å². The summed E-state index contributed by atoms with van der Waals surface area (Å²) in [5.74, 6) is 0. The highest BCUT2D eigenvalue weighted by molar-refractivity contribution is 6.65. The highest BCUT2D eigenvalue weighted by Crippen LogP contribution is 2.31. The molecule has 0 aliphatic carbocycles. The first-order valence-corrected chi connectivity index (χ1v) is 6.18. The van der Waals surface area contributed by atoms with Crippen LogP contribution in [-0.2, 0) is 0 Å². The Hall–Kier alpha value is -1.80. The van der Waals surface area contributed by atoms with Gasteiger partial charge < -0.3 is 5.32 Å². The first kappa shape index (κ1) is 12.7. The first-order valence-electron chi connectivity index (χ1n) is 5.81. The number of amidine groups is 1. The summed E-state index contributed by atoms with van der Waals surface area (Å²) < 4.78 is 0. The summed E-state index contributed by atoms with van der Waals surface area (Å²) >= 11 is 6.03. The molecule has 0 saturated carbocycles. The Morgan fingerprint density at radius 2 is 2.06 bits per heavy atom. The fraction of sp³-hybridized carbons (Fsp3) is 0.133. The minimum atomic E-state index is -0.0795. The molecule has 1 unspecified atom stereocenters. The van der Waals surface area contributed by atoms with Gasteiger partial charge in [0.1, 0.15) is 6.04 Å². The van der Waals surface area contributed by atoms with Crippen LogP contribution in [0.5, 0.6) is 0 Å². The smallest absolute Gasteiger partial charge is 0.196 e. The Bertz CT molecular complexity index is 527. The van der Waals surface area contributed by atoms with Gasteiger partial charge in [0.2, 0.25) is 0 Å². The summed E-state index contributed by atoms with van der Waals surface area (Å²) in [4.78, 5) is 4.46. The van der Waals surface area contributed by atoms with E-state index in [2.05, 4.69) is 16.9 Å². The van der Waals surface area contributed by atoms with Crippen molar-refractivity contribution in [1.29, 1.82) is 0 Å². The molecule has 0 saturated heterocycles. The second kappa shape index (κ2) is 5.69. The maximum atomic E-state index is 6.03. The molecule has 0 spiro atoms. The van der Waals surface area contributed by atoms with E-state index in [4.69, 9.17) is 11.6 Å². The van der Waals surface area contributed by atoms with Crippen molar-refractivity contribution in [2.75, 3.05) is 0 Å². The SMILES string of the molecule is C=CC1=C(/C=C\C)C(c2ccccc2)N=C(Cl)N1. The van der Waals surface area contributed by atoms with Crippen molar-refractivity contribution in [3.63, 3.8) is 0 Å². The molecule has 0 aromatic heterocycles. The summed E-state index contributed by atoms with van der Waals surface area (Å²) in [6, 6.07) is 10.0. The maximum Gasteiger partial charge on any atom is 0.196 e. The van der Waals surface area contributed by atoms with Crippen molar-refractivity contribution in [1.82, 2.24) is 5.32 Å². The number of hydrogen-bond acceptors (Lipinski definition) is 2. The van der Waals surface area contributed by atoms with E-state index in [1.165, 1.54) is 0 Å². The third-order valence-electron chi connectivity index (χ3n) is 2.75. The Labute approximate surface area is 112 Å². The second-order valence-electron chi connectivity index (χ2n) is 3.93. The summed E-state index contributed by atoms with van der Waals surface area (Å²) in [6.45, 7) is 5.79. The third kappa shape index (κ3) is 2.54. The molecule has 1 aromatic rings. The average Bonchev–Trinajstić information content (AvgIpc) is 2.41. The normalized spacial score (nSPS) is 19.7. The zero-order valence-corrected chi connectivity index (χ0v) is 11.0. The van der Waals surface area contributed by atoms with E-state index in [1.54, 1.807) is 6.08 Å². The second-order valence-corrected chi connectivity index (χ2v) is 4.29. The van der Waals surface area contributed by atoms with Crippen molar-refractivity contribution in [3.8, 4) is 0 Å². The zero-order chi connectivity index (χ0) is 13.0. The van der Waals surface area contributed by atoms with Crippen LogP contribution >= 0.6 is 11.6 Å². The Kier molecular flexibility index (Phi) is 4.00. The lowest BCUT2D eigenvalue weighted by molar-refractivity contribution is 0.822. The number of allylic oxidation sites excluding steroid dienone is 2. The highest BCUT2D eigenvalue weighted by atomic mass is 35.5. The van der Waals surface area contributed by atoms with Gasteiger partial charge in [-0.15, -0.1) is 0 Å². The van der Waals surface area contributed by atoms with Crippen LogP contribution in [0.3, 0.4) is 0 Å². The molecule has 1 aliphatic rings. The average molecular weight is 259 g/mol. The van der Waals surface area contributed by atoms with Gasteiger partial charge in [-0.2, -0.15) is 0 Å². The molecule has 0 amide bonds. The summed E-state index contributed by atoms with van der Waals surface area (Å²) in [5.41, 5.74) is 3.09. The maximum absolute atomic E-state index is 6.03. The zero-order valence-electron chi connectivity index (χ0n) is 10.2. The lowest BCUT2D eigenvalue weighted by Crippen LogP contribution is -2.25. The first-order chi connectivity index (χ1) is 8.76. The van der Waals surface area contributed by atoms with Gasteiger partial charge in [-0.05, 0) is 30.2 Å². The van der Waals surface area contributed by atoms with Crippen molar-refractivity contribution in [3.05, 3.63) is 72.0 Å². The Balaban J connectivity index is 2.51. The van der Waals surface area contributed by atoms with E-state index in [9.17, 15) is 0 Å². The molecule has 92 valence electrons. The number of hydrogen-bond donors (Lipinski definition) is 1. The molecule has 0 radical (unpaired) electrons. The molecule has 1 heterocycles. The minimum absolute atomic E-state index is 0.0795. The summed E-state index contributed by atoms with van der Waals surface area (Å²) in [5, 5.41) is 3.42. The predicted octanol–water partition coefficient (Wildman–Crippen LogP) is 3.94. The van der Waals surface area contributed by atoms with E-state index in [-0.39, 0.29) is 6.04 Å². The molecular weight excluding hydrogens is 244 g/mol. The van der Waals surface area contributed by atoms with Crippen LogP contribution in [0.4, 0.5) is 0 Å². The lowest BCUT2D eigenvalue weighted by Gasteiger charge is -2.23. The molecule has 0 fully saturated rings. The minimum Gasteiger partial charge on any atom is -0.330 e. The largest absolute Gasteiger partial charge is 0.330 e. The lowest BCUT2D eigenvalue weighted by atomic mass is 9.96. The van der Waals surface area contributed by atoms with E-state index in [1.807, 2.05) is 49.4 Å². The van der Waals surface area contributed by atoms with Crippen LogP contribution in [-0.4, -0.2) is 5.29 Å². The monoisotopic (exact) mass is 258 g/mol. The van der Waals surface area contributed by atoms with E-state index < -0.39 is 0 Å². The van der Waals surface area contributed by atoms with Crippen molar-refractivity contribution in [2.45, 2.75) is 13.0 Å². The fourth-order valence-corrected chi connectivity index (χ4v) is 2.16. The van der Waals surface area contributed by atoms with Crippen molar-refractivity contribution < 1.29 is 0 Å². The molecule has 18 heavy (non-hydrogen) atoms. The predicted molar refractivity (Wildman–Crippen MR) is 77.6 cm³/mol. The number of halogens is 1. The number of nitrogens with zero attached hydrogens (tertiary/aromatic N) is 1. The number of rotatable bonds is 3. The van der Waals surface area contributed by atoms with Crippen LogP contribution in [0.1, 0.15) is 18.5 Å². The van der Waals surface area contributed by atoms with Gasteiger partial charge >= 0.3 is 0 Å². The fourth-order valence-electron chi connectivity index (χ4n) is 1.96. The van der Waals surface area contributed by atoms with E-state index in [0.717, 1.165) is 16.8 Å². The molecule has 1 N–H and O–H groups in total. The number of nitrogens with one attached hydrogen (secondary N) is 1. The molecule has 2 nitrogen and oxygen atoms in total. The van der Waals surface area contributed by atoms with Crippen LogP contribution in [0, 0.1) is 0 Å². The molecule has 3 heteroatoms. The Morgan fingerprint density at radius 1 is 1.33 bits per heavy atom. The van der Waals surface area contributed by atoms with Crippen LogP contribution in [0.15, 0.2) is 71.4 Å². The standard InChI is InChI=1S/C15H15ClN2/c1-3-8-12-13(4-2)17-15(16)18-14(12)11-9-6-5-7-10-11/h3-10,14H,2H2,1H3,(H,17,18)/b8-3-. The van der Waals surface area contributed by atoms with Gasteiger partial charge in [0.25, 0.3) is 0 Å². The van der Waals surface area contributed by atoms with Crippen molar-refractivity contribution in [2.24, 2.45) is 4.99 Å². The van der Waals surface area contributed by atoms with Gasteiger partial charge in [0.15, 0.2) is 5.29 Å². The van der Waals surface area contributed by atoms with Gasteiger partial charge in [-0.1, -0.05) is 49.1 Å². The van der Waals surface area contributed by atoms with Gasteiger partial charge in [0.05, 0.1) is 0 Å². The highest BCUT2D eigenvalue weighted by Gasteiger charge is 2.21. The molecule has 2 rings (SSSR count). The number of aliphatic imine (C=N–C) groups is 1. The molecule has 1 aliphatic heterocycles. The molecule has 1 aromatic carbocycles. The van der Waals surface area contributed by atoms with E-state index >= 15 is 0 Å². The molecule has 1 atom stereocenters. The molecular formula is C15H15ClN2. The van der Waals surface area contributed by atoms with Crippen LogP contribution in [0.25, 0.3) is 0 Å². The quantitative estimate of drug-likeness (QED) is 0.816. The van der Waals surface area contributed by atoms with Gasteiger partial charge in [-0.25, -0.2) is 4.99 Å². The van der Waals surface area contributed by atoms with Crippen LogP contribution in [0.2, 0.25) is 0 Å². The summed E-state index contributed by atoms with van der Waals surface area (Å²) in [7, 11) is 0. The topological polar surface area (TPSA) is 24.4 Å².